The highest BCUT2D eigenvalue weighted by atomic mass is 35.5. The lowest BCUT2D eigenvalue weighted by Crippen LogP contribution is -2.41. The molecular weight excluding hydrogens is 414 g/mol. The minimum absolute atomic E-state index is 0.0288. The Labute approximate surface area is 183 Å². The number of hydrogen-bond acceptors (Lipinski definition) is 3. The summed E-state index contributed by atoms with van der Waals surface area (Å²) in [6.07, 6.45) is 8.09. The van der Waals surface area contributed by atoms with Gasteiger partial charge in [-0.15, -0.1) is 0 Å². The lowest BCUT2D eigenvalue weighted by molar-refractivity contribution is -0.126. The Morgan fingerprint density at radius 1 is 1.14 bits per heavy atom. The second-order valence-corrected chi connectivity index (χ2v) is 8.83. The van der Waals surface area contributed by atoms with E-state index in [1.54, 1.807) is 0 Å². The minimum Gasteiger partial charge on any atom is -0.348 e. The third-order valence-electron chi connectivity index (χ3n) is 5.82. The molecule has 29 heavy (non-hydrogen) atoms. The molecule has 0 spiro atoms. The molecule has 0 bridgehead atoms. The number of halogens is 3. The number of hydrogen-bond donors (Lipinski definition) is 2. The van der Waals surface area contributed by atoms with Crippen molar-refractivity contribution < 1.29 is 14.0 Å². The largest absolute Gasteiger partial charge is 0.348 e. The molecule has 2 N–H and O–H groups in total. The van der Waals surface area contributed by atoms with Gasteiger partial charge in [0.2, 0.25) is 5.91 Å². The van der Waals surface area contributed by atoms with Gasteiger partial charge in [0.05, 0.1) is 16.1 Å². The summed E-state index contributed by atoms with van der Waals surface area (Å²) in [5.41, 5.74) is 0.156. The summed E-state index contributed by atoms with van der Waals surface area (Å²) in [4.78, 5) is 20.7. The highest BCUT2D eigenvalue weighted by Crippen LogP contribution is 2.50. The standard InChI is InChI=1S/C19H24Cl2FNO.C2H7N.CH2O/c1-19(10-4-5-11-19)17(23-18(24)12-6-2-3-7-12)15-14(22)9-8-13(20)16(15)21;1-3-2;1-2/h8-9,12,17H,2-7,10-11H2,1H3,(H,23,24);3H,1-2H3;1H2. The summed E-state index contributed by atoms with van der Waals surface area (Å²) < 4.78 is 14.6. The summed E-state index contributed by atoms with van der Waals surface area (Å²) in [6, 6.07) is 2.38. The highest BCUT2D eigenvalue weighted by Gasteiger charge is 2.42. The predicted octanol–water partition coefficient (Wildman–Crippen LogP) is 5.71. The highest BCUT2D eigenvalue weighted by molar-refractivity contribution is 6.42. The fraction of sp³-hybridized carbons (Fsp3) is 0.636. The van der Waals surface area contributed by atoms with Crippen molar-refractivity contribution in [2.45, 2.75) is 64.3 Å². The van der Waals surface area contributed by atoms with Crippen LogP contribution in [0.15, 0.2) is 12.1 Å². The van der Waals surface area contributed by atoms with Crippen LogP contribution in [-0.4, -0.2) is 26.8 Å². The van der Waals surface area contributed by atoms with Gasteiger partial charge in [-0.3, -0.25) is 4.79 Å². The Morgan fingerprint density at radius 3 is 2.17 bits per heavy atom. The second kappa shape index (κ2) is 12.5. The van der Waals surface area contributed by atoms with Crippen LogP contribution in [0.4, 0.5) is 4.39 Å². The zero-order chi connectivity index (χ0) is 22.0. The molecule has 0 saturated heterocycles. The molecule has 2 aliphatic carbocycles. The van der Waals surface area contributed by atoms with Crippen LogP contribution in [0.5, 0.6) is 0 Å². The van der Waals surface area contributed by atoms with Gasteiger partial charge in [-0.05, 0) is 57.3 Å². The Morgan fingerprint density at radius 2 is 1.66 bits per heavy atom. The summed E-state index contributed by atoms with van der Waals surface area (Å²) in [5.74, 6) is -0.325. The maximum Gasteiger partial charge on any atom is 0.223 e. The number of nitrogens with one attached hydrogen (secondary N) is 2. The van der Waals surface area contributed by atoms with E-state index in [9.17, 15) is 9.18 Å². The van der Waals surface area contributed by atoms with E-state index < -0.39 is 11.9 Å². The van der Waals surface area contributed by atoms with Crippen LogP contribution in [0.25, 0.3) is 0 Å². The Kier molecular flexibility index (Phi) is 11.2. The molecule has 1 atom stereocenters. The fourth-order valence-electron chi connectivity index (χ4n) is 4.32. The monoisotopic (exact) mass is 446 g/mol. The zero-order valence-corrected chi connectivity index (χ0v) is 19.1. The minimum atomic E-state index is -0.431. The van der Waals surface area contributed by atoms with Crippen molar-refractivity contribution in [3.8, 4) is 0 Å². The molecule has 164 valence electrons. The van der Waals surface area contributed by atoms with Crippen molar-refractivity contribution in [2.75, 3.05) is 14.1 Å². The first-order valence-electron chi connectivity index (χ1n) is 10.1. The van der Waals surface area contributed by atoms with Crippen molar-refractivity contribution in [3.63, 3.8) is 0 Å². The predicted molar refractivity (Wildman–Crippen MR) is 118 cm³/mol. The van der Waals surface area contributed by atoms with Gasteiger partial charge in [-0.1, -0.05) is 55.8 Å². The first-order valence-corrected chi connectivity index (χ1v) is 10.9. The van der Waals surface area contributed by atoms with E-state index in [-0.39, 0.29) is 22.3 Å². The number of carbonyl (C=O) groups is 2. The summed E-state index contributed by atoms with van der Waals surface area (Å²) >= 11 is 12.5. The third kappa shape index (κ3) is 6.66. The summed E-state index contributed by atoms with van der Waals surface area (Å²) in [7, 11) is 3.75. The van der Waals surface area contributed by atoms with E-state index in [4.69, 9.17) is 28.0 Å². The van der Waals surface area contributed by atoms with Crippen molar-refractivity contribution in [1.82, 2.24) is 10.6 Å². The maximum absolute atomic E-state index is 14.6. The van der Waals surface area contributed by atoms with Crippen molar-refractivity contribution in [3.05, 3.63) is 33.6 Å². The number of rotatable bonds is 4. The summed E-state index contributed by atoms with van der Waals surface area (Å²) in [5, 5.41) is 6.45. The molecule has 2 fully saturated rings. The molecule has 0 aliphatic heterocycles. The molecule has 0 heterocycles. The Balaban J connectivity index is 0.000000771. The molecule has 0 aromatic heterocycles. The normalized spacial score (nSPS) is 18.8. The zero-order valence-electron chi connectivity index (χ0n) is 17.6. The number of carbonyl (C=O) groups excluding carboxylic acids is 2. The van der Waals surface area contributed by atoms with Crippen molar-refractivity contribution in [2.24, 2.45) is 11.3 Å². The fourth-order valence-corrected chi connectivity index (χ4v) is 4.75. The molecule has 1 aromatic rings. The molecular formula is C22H33Cl2FN2O2. The average Bonchev–Trinajstić information content (AvgIpc) is 3.39. The quantitative estimate of drug-likeness (QED) is 0.582. The molecule has 7 heteroatoms. The lowest BCUT2D eigenvalue weighted by Gasteiger charge is -2.36. The maximum atomic E-state index is 14.6. The van der Waals surface area contributed by atoms with Gasteiger partial charge in [-0.2, -0.15) is 0 Å². The van der Waals surface area contributed by atoms with Crippen molar-refractivity contribution >= 4 is 35.9 Å². The van der Waals surface area contributed by atoms with E-state index in [2.05, 4.69) is 17.6 Å². The molecule has 4 nitrogen and oxygen atoms in total. The SMILES string of the molecule is C=O.CC1(C(NC(=O)C2CCCC2)c2c(F)ccc(Cl)c2Cl)CCCC1.CNC. The molecule has 1 unspecified atom stereocenters. The first-order chi connectivity index (χ1) is 13.8. The third-order valence-corrected chi connectivity index (χ3v) is 6.64. The molecule has 2 saturated carbocycles. The van der Waals surface area contributed by atoms with E-state index in [0.717, 1.165) is 51.4 Å². The Hall–Kier alpha value is -1.17. The van der Waals surface area contributed by atoms with Gasteiger partial charge in [-0.25, -0.2) is 4.39 Å². The number of benzene rings is 1. The second-order valence-electron chi connectivity index (χ2n) is 8.04. The van der Waals surface area contributed by atoms with Crippen LogP contribution in [0.1, 0.15) is 69.9 Å². The van der Waals surface area contributed by atoms with Crippen molar-refractivity contribution in [1.29, 1.82) is 0 Å². The molecule has 2 aliphatic rings. The van der Waals surface area contributed by atoms with Gasteiger partial charge in [0.15, 0.2) is 0 Å². The van der Waals surface area contributed by atoms with Crippen LogP contribution in [0, 0.1) is 17.2 Å². The van der Waals surface area contributed by atoms with Crippen LogP contribution in [0.3, 0.4) is 0 Å². The summed E-state index contributed by atoms with van der Waals surface area (Å²) in [6.45, 7) is 4.12. The van der Waals surface area contributed by atoms with Gasteiger partial charge < -0.3 is 15.4 Å². The van der Waals surface area contributed by atoms with E-state index in [1.807, 2.05) is 20.9 Å². The van der Waals surface area contributed by atoms with Gasteiger partial charge in [0.25, 0.3) is 0 Å². The van der Waals surface area contributed by atoms with Crippen LogP contribution < -0.4 is 10.6 Å². The van der Waals surface area contributed by atoms with E-state index in [1.165, 1.54) is 12.1 Å². The molecule has 1 amide bonds. The van der Waals surface area contributed by atoms with Gasteiger partial charge in [0, 0.05) is 11.5 Å². The average molecular weight is 447 g/mol. The molecule has 3 rings (SSSR count). The molecule has 0 radical (unpaired) electrons. The lowest BCUT2D eigenvalue weighted by atomic mass is 9.76. The number of amides is 1. The van der Waals surface area contributed by atoms with Crippen LogP contribution >= 0.6 is 23.2 Å². The van der Waals surface area contributed by atoms with Crippen LogP contribution in [-0.2, 0) is 9.59 Å². The molecule has 1 aromatic carbocycles. The first kappa shape index (κ1) is 25.9. The van der Waals surface area contributed by atoms with Gasteiger partial charge >= 0.3 is 0 Å². The van der Waals surface area contributed by atoms with Crippen LogP contribution in [0.2, 0.25) is 10.0 Å². The smallest absolute Gasteiger partial charge is 0.223 e. The Bertz CT molecular complexity index is 660. The van der Waals surface area contributed by atoms with E-state index in [0.29, 0.717) is 10.6 Å². The van der Waals surface area contributed by atoms with Gasteiger partial charge in [0.1, 0.15) is 12.6 Å². The topological polar surface area (TPSA) is 58.2 Å². The van der Waals surface area contributed by atoms with E-state index >= 15 is 0 Å².